The van der Waals surface area contributed by atoms with Crippen LogP contribution in [0.3, 0.4) is 0 Å². The van der Waals surface area contributed by atoms with E-state index in [0.29, 0.717) is 19.9 Å². The number of nitrogen functional groups attached to an aromatic ring is 1. The minimum Gasteiger partial charge on any atom is -0.399 e. The van der Waals surface area contributed by atoms with Gasteiger partial charge < -0.3 is 5.73 Å². The molecule has 0 aliphatic heterocycles. The molecule has 2 unspecified atom stereocenters. The van der Waals surface area contributed by atoms with Crippen molar-refractivity contribution in [1.29, 1.82) is 0 Å². The third kappa shape index (κ3) is 4.37. The van der Waals surface area contributed by atoms with Crippen LogP contribution in [0.15, 0.2) is 26.0 Å². The summed E-state index contributed by atoms with van der Waals surface area (Å²) in [7, 11) is -3.58. The van der Waals surface area contributed by atoms with Crippen LogP contribution < -0.4 is 10.5 Å². The van der Waals surface area contributed by atoms with E-state index in [1.54, 1.807) is 12.1 Å². The van der Waals surface area contributed by atoms with Gasteiger partial charge in [0.15, 0.2) is 0 Å². The van der Waals surface area contributed by atoms with E-state index in [1.807, 2.05) is 11.8 Å². The fourth-order valence-electron chi connectivity index (χ4n) is 2.58. The summed E-state index contributed by atoms with van der Waals surface area (Å²) in [6.07, 6.45) is 6.07. The molecule has 0 saturated heterocycles. The van der Waals surface area contributed by atoms with Gasteiger partial charge >= 0.3 is 0 Å². The Kier molecular flexibility index (Phi) is 6.04. The van der Waals surface area contributed by atoms with Crippen molar-refractivity contribution >= 4 is 59.3 Å². The molecule has 1 aliphatic carbocycles. The highest BCUT2D eigenvalue weighted by atomic mass is 79.9. The number of benzene rings is 1. The van der Waals surface area contributed by atoms with Crippen molar-refractivity contribution < 1.29 is 8.42 Å². The van der Waals surface area contributed by atoms with Gasteiger partial charge in [-0.05, 0) is 69.5 Å². The van der Waals surface area contributed by atoms with Crippen molar-refractivity contribution in [2.75, 3.05) is 12.0 Å². The number of halogens is 2. The van der Waals surface area contributed by atoms with Crippen LogP contribution in [0.25, 0.3) is 0 Å². The number of nitrogens with one attached hydrogen (secondary N) is 1. The Hall–Kier alpha value is 0.240. The van der Waals surface area contributed by atoms with Crippen molar-refractivity contribution in [1.82, 2.24) is 4.72 Å². The second-order valence-corrected chi connectivity index (χ2v) is 9.65. The molecule has 118 valence electrons. The first kappa shape index (κ1) is 17.6. The lowest BCUT2D eigenvalue weighted by Gasteiger charge is -2.28. The first-order valence-electron chi connectivity index (χ1n) is 6.63. The lowest BCUT2D eigenvalue weighted by atomic mass is 9.96. The van der Waals surface area contributed by atoms with Crippen LogP contribution >= 0.6 is 43.6 Å². The number of anilines is 1. The second kappa shape index (κ2) is 7.21. The normalized spacial score (nSPS) is 23.2. The fraction of sp³-hybridized carbons (Fsp3) is 0.538. The van der Waals surface area contributed by atoms with Gasteiger partial charge in [0.25, 0.3) is 0 Å². The highest BCUT2D eigenvalue weighted by Gasteiger charge is 2.28. The van der Waals surface area contributed by atoms with Gasteiger partial charge in [-0.25, -0.2) is 13.1 Å². The van der Waals surface area contributed by atoms with E-state index in [1.165, 1.54) is 0 Å². The Labute approximate surface area is 146 Å². The number of nitrogens with two attached hydrogens (primary N) is 1. The highest BCUT2D eigenvalue weighted by molar-refractivity contribution is 9.11. The van der Waals surface area contributed by atoms with E-state index in [0.717, 1.165) is 25.7 Å². The molecule has 2 rings (SSSR count). The van der Waals surface area contributed by atoms with Crippen molar-refractivity contribution in [3.63, 3.8) is 0 Å². The molecule has 3 N–H and O–H groups in total. The Morgan fingerprint density at radius 3 is 2.48 bits per heavy atom. The molecule has 1 fully saturated rings. The van der Waals surface area contributed by atoms with Crippen LogP contribution in [0.5, 0.6) is 0 Å². The molecular weight excluding hydrogens is 440 g/mol. The summed E-state index contributed by atoms with van der Waals surface area (Å²) < 4.78 is 29.0. The van der Waals surface area contributed by atoms with Crippen molar-refractivity contribution in [2.24, 2.45) is 0 Å². The largest absolute Gasteiger partial charge is 0.399 e. The molecule has 1 aromatic rings. The zero-order valence-electron chi connectivity index (χ0n) is 11.6. The maximum atomic E-state index is 12.6. The quantitative estimate of drug-likeness (QED) is 0.675. The molecule has 0 aromatic heterocycles. The summed E-state index contributed by atoms with van der Waals surface area (Å²) in [6, 6.07) is 3.20. The lowest BCUT2D eigenvalue weighted by Crippen LogP contribution is -2.39. The molecule has 21 heavy (non-hydrogen) atoms. The van der Waals surface area contributed by atoms with Crippen LogP contribution in [0.2, 0.25) is 0 Å². The van der Waals surface area contributed by atoms with Gasteiger partial charge in [0.1, 0.15) is 4.90 Å². The van der Waals surface area contributed by atoms with Gasteiger partial charge in [0.2, 0.25) is 10.0 Å². The van der Waals surface area contributed by atoms with Gasteiger partial charge in [-0.3, -0.25) is 0 Å². The minimum absolute atomic E-state index is 0.00227. The summed E-state index contributed by atoms with van der Waals surface area (Å²) in [5.74, 6) is 0. The van der Waals surface area contributed by atoms with E-state index in [9.17, 15) is 8.42 Å². The van der Waals surface area contributed by atoms with Crippen molar-refractivity contribution in [3.05, 3.63) is 21.1 Å². The van der Waals surface area contributed by atoms with Crippen molar-refractivity contribution in [2.45, 2.75) is 41.9 Å². The average molecular weight is 458 g/mol. The predicted octanol–water partition coefficient (Wildman–Crippen LogP) is 3.75. The lowest BCUT2D eigenvalue weighted by molar-refractivity contribution is 0.420. The molecular formula is C13H18Br2N2O2S2. The van der Waals surface area contributed by atoms with Gasteiger partial charge in [-0.2, -0.15) is 11.8 Å². The van der Waals surface area contributed by atoms with Crippen LogP contribution in [-0.2, 0) is 10.0 Å². The summed E-state index contributed by atoms with van der Waals surface area (Å²) >= 11 is 8.39. The Morgan fingerprint density at radius 2 is 1.90 bits per heavy atom. The van der Waals surface area contributed by atoms with Gasteiger partial charge in [-0.15, -0.1) is 0 Å². The topological polar surface area (TPSA) is 72.2 Å². The molecule has 0 amide bonds. The molecule has 8 heteroatoms. The molecule has 1 aromatic carbocycles. The molecule has 1 aliphatic rings. The van der Waals surface area contributed by atoms with Gasteiger partial charge in [-0.1, -0.05) is 6.42 Å². The number of hydrogen-bond donors (Lipinski definition) is 2. The molecule has 0 radical (unpaired) electrons. The van der Waals surface area contributed by atoms with Crippen LogP contribution in [0.1, 0.15) is 25.7 Å². The number of rotatable bonds is 4. The molecule has 0 spiro atoms. The van der Waals surface area contributed by atoms with Crippen LogP contribution in [-0.4, -0.2) is 26.0 Å². The third-order valence-corrected chi connectivity index (χ3v) is 8.06. The predicted molar refractivity (Wildman–Crippen MR) is 96.1 cm³/mol. The first-order chi connectivity index (χ1) is 9.83. The minimum atomic E-state index is -3.58. The second-order valence-electron chi connectivity index (χ2n) is 5.16. The molecule has 2 atom stereocenters. The average Bonchev–Trinajstić information content (AvgIpc) is 2.36. The van der Waals surface area contributed by atoms with Gasteiger partial charge in [0, 0.05) is 25.9 Å². The third-order valence-electron chi connectivity index (χ3n) is 3.57. The summed E-state index contributed by atoms with van der Waals surface area (Å²) in [4.78, 5) is 0.211. The summed E-state index contributed by atoms with van der Waals surface area (Å²) in [6.45, 7) is 0. The fourth-order valence-corrected chi connectivity index (χ4v) is 7.31. The number of sulfonamides is 1. The van der Waals surface area contributed by atoms with Crippen molar-refractivity contribution in [3.8, 4) is 0 Å². The molecule has 0 bridgehead atoms. The van der Waals surface area contributed by atoms with Crippen LogP contribution in [0, 0.1) is 0 Å². The Bertz CT molecular complexity index is 600. The van der Waals surface area contributed by atoms with E-state index >= 15 is 0 Å². The highest BCUT2D eigenvalue weighted by Crippen LogP contribution is 2.34. The van der Waals surface area contributed by atoms with E-state index in [2.05, 4.69) is 42.8 Å². The zero-order chi connectivity index (χ0) is 15.6. The first-order valence-corrected chi connectivity index (χ1v) is 11.0. The van der Waals surface area contributed by atoms with E-state index in [4.69, 9.17) is 5.73 Å². The van der Waals surface area contributed by atoms with E-state index in [-0.39, 0.29) is 10.9 Å². The molecule has 0 heterocycles. The zero-order valence-corrected chi connectivity index (χ0v) is 16.4. The SMILES string of the molecule is CSC1CCCC(NS(=O)(=O)c2c(Br)cc(N)cc2Br)C1. The Balaban J connectivity index is 2.23. The van der Waals surface area contributed by atoms with E-state index < -0.39 is 10.0 Å². The Morgan fingerprint density at radius 1 is 1.29 bits per heavy atom. The smallest absolute Gasteiger partial charge is 0.243 e. The maximum absolute atomic E-state index is 12.6. The maximum Gasteiger partial charge on any atom is 0.243 e. The standard InChI is InChI=1S/C13H18Br2N2O2S2/c1-20-10-4-2-3-9(7-10)17-21(18,19)13-11(14)5-8(16)6-12(13)15/h5-6,9-10,17H,2-4,7,16H2,1H3. The monoisotopic (exact) mass is 456 g/mol. The number of hydrogen-bond acceptors (Lipinski definition) is 4. The molecule has 1 saturated carbocycles. The summed E-state index contributed by atoms with van der Waals surface area (Å²) in [5, 5.41) is 0.532. The number of thioether (sulfide) groups is 1. The summed E-state index contributed by atoms with van der Waals surface area (Å²) in [5.41, 5.74) is 6.22. The van der Waals surface area contributed by atoms with Gasteiger partial charge in [0.05, 0.1) is 0 Å². The van der Waals surface area contributed by atoms with Crippen LogP contribution in [0.4, 0.5) is 5.69 Å². The molecule has 4 nitrogen and oxygen atoms in total.